The molecule has 4 aromatic rings. The maximum absolute atomic E-state index is 12.1. The van der Waals surface area contributed by atoms with Crippen molar-refractivity contribution in [2.24, 2.45) is 0 Å². The van der Waals surface area contributed by atoms with E-state index in [1.54, 1.807) is 25.1 Å². The average Bonchev–Trinajstić information content (AvgIpc) is 3.29. The largest absolute Gasteiger partial charge is 0.478 e. The highest BCUT2D eigenvalue weighted by atomic mass is 16.5. The van der Waals surface area contributed by atoms with E-state index in [1.807, 2.05) is 48.5 Å². The van der Waals surface area contributed by atoms with E-state index in [-0.39, 0.29) is 17.5 Å². The summed E-state index contributed by atoms with van der Waals surface area (Å²) in [5.74, 6) is -1.05. The fourth-order valence-electron chi connectivity index (χ4n) is 5.06. The van der Waals surface area contributed by atoms with E-state index in [4.69, 9.17) is 4.74 Å². The van der Waals surface area contributed by atoms with Gasteiger partial charge in [-0.05, 0) is 79.3 Å². The summed E-state index contributed by atoms with van der Waals surface area (Å²) in [4.78, 5) is 23.8. The SMILES string of the molecule is CCOC(=O)c1ccc(C2CCCc3c2cc(-c2ccccc2)n3-c2cccc(C(=O)O)c2)cc1. The Morgan fingerprint density at radius 1 is 0.943 bits per heavy atom. The van der Waals surface area contributed by atoms with Crippen molar-refractivity contribution >= 4 is 11.9 Å². The number of aromatic carboxylic acids is 1. The lowest BCUT2D eigenvalue weighted by atomic mass is 9.81. The third kappa shape index (κ3) is 4.37. The topological polar surface area (TPSA) is 68.5 Å². The lowest BCUT2D eigenvalue weighted by molar-refractivity contribution is 0.0525. The van der Waals surface area contributed by atoms with E-state index >= 15 is 0 Å². The minimum absolute atomic E-state index is 0.196. The molecule has 0 saturated heterocycles. The van der Waals surface area contributed by atoms with E-state index in [2.05, 4.69) is 22.8 Å². The van der Waals surface area contributed by atoms with Crippen molar-refractivity contribution in [2.45, 2.75) is 32.1 Å². The monoisotopic (exact) mass is 465 g/mol. The number of hydrogen-bond donors (Lipinski definition) is 1. The van der Waals surface area contributed by atoms with Crippen LogP contribution in [-0.2, 0) is 11.2 Å². The van der Waals surface area contributed by atoms with Crippen LogP contribution in [0, 0.1) is 0 Å². The molecular weight excluding hydrogens is 438 g/mol. The molecule has 0 fully saturated rings. The second-order valence-corrected chi connectivity index (χ2v) is 8.78. The predicted molar refractivity (Wildman–Crippen MR) is 135 cm³/mol. The molecule has 0 amide bonds. The number of carbonyl (C=O) groups excluding carboxylic acids is 1. The molecule has 35 heavy (non-hydrogen) atoms. The molecule has 0 aliphatic heterocycles. The van der Waals surface area contributed by atoms with Gasteiger partial charge in [0.05, 0.1) is 23.4 Å². The highest BCUT2D eigenvalue weighted by Crippen LogP contribution is 2.42. The fraction of sp³-hybridized carbons (Fsp3) is 0.200. The van der Waals surface area contributed by atoms with Crippen LogP contribution in [0.3, 0.4) is 0 Å². The zero-order valence-electron chi connectivity index (χ0n) is 19.6. The van der Waals surface area contributed by atoms with Crippen LogP contribution in [-0.4, -0.2) is 28.2 Å². The maximum atomic E-state index is 12.1. The Hall–Kier alpha value is -4.12. The molecule has 5 nitrogen and oxygen atoms in total. The molecule has 1 unspecified atom stereocenters. The Morgan fingerprint density at radius 3 is 2.43 bits per heavy atom. The quantitative estimate of drug-likeness (QED) is 0.331. The highest BCUT2D eigenvalue weighted by Gasteiger charge is 2.28. The van der Waals surface area contributed by atoms with Gasteiger partial charge in [-0.25, -0.2) is 9.59 Å². The normalized spacial score (nSPS) is 14.8. The number of carboxylic acid groups (broad SMARTS) is 1. The average molecular weight is 466 g/mol. The van der Waals surface area contributed by atoms with Gasteiger partial charge in [-0.1, -0.05) is 48.5 Å². The summed E-state index contributed by atoms with van der Waals surface area (Å²) in [6.07, 6.45) is 2.95. The minimum atomic E-state index is -0.936. The zero-order chi connectivity index (χ0) is 24.4. The van der Waals surface area contributed by atoms with Crippen molar-refractivity contribution in [1.29, 1.82) is 0 Å². The summed E-state index contributed by atoms with van der Waals surface area (Å²) < 4.78 is 7.35. The van der Waals surface area contributed by atoms with Gasteiger partial charge >= 0.3 is 11.9 Å². The molecule has 0 saturated carbocycles. The van der Waals surface area contributed by atoms with Crippen LogP contribution < -0.4 is 0 Å². The first-order valence-electron chi connectivity index (χ1n) is 12.0. The van der Waals surface area contributed by atoms with Crippen LogP contribution in [0.15, 0.2) is 84.9 Å². The Morgan fingerprint density at radius 2 is 1.71 bits per heavy atom. The van der Waals surface area contributed by atoms with Crippen LogP contribution in [0.1, 0.15) is 63.2 Å². The minimum Gasteiger partial charge on any atom is -0.478 e. The van der Waals surface area contributed by atoms with Crippen LogP contribution in [0.4, 0.5) is 0 Å². The number of carbonyl (C=O) groups is 2. The van der Waals surface area contributed by atoms with Crippen LogP contribution in [0.5, 0.6) is 0 Å². The van der Waals surface area contributed by atoms with E-state index in [0.29, 0.717) is 12.2 Å². The van der Waals surface area contributed by atoms with Crippen molar-refractivity contribution in [3.05, 3.63) is 113 Å². The zero-order valence-corrected chi connectivity index (χ0v) is 19.6. The number of nitrogens with zero attached hydrogens (tertiary/aromatic N) is 1. The molecule has 5 heteroatoms. The molecule has 0 radical (unpaired) electrons. The first-order chi connectivity index (χ1) is 17.1. The fourth-order valence-corrected chi connectivity index (χ4v) is 5.06. The molecule has 176 valence electrons. The third-order valence-electron chi connectivity index (χ3n) is 6.66. The Balaban J connectivity index is 1.63. The summed E-state index contributed by atoms with van der Waals surface area (Å²) >= 11 is 0. The van der Waals surface area contributed by atoms with E-state index in [1.165, 1.54) is 11.3 Å². The lowest BCUT2D eigenvalue weighted by Gasteiger charge is -2.25. The third-order valence-corrected chi connectivity index (χ3v) is 6.66. The van der Waals surface area contributed by atoms with Gasteiger partial charge in [-0.3, -0.25) is 0 Å². The van der Waals surface area contributed by atoms with Crippen LogP contribution in [0.2, 0.25) is 0 Å². The number of benzene rings is 3. The van der Waals surface area contributed by atoms with Gasteiger partial charge in [0, 0.05) is 17.3 Å². The van der Waals surface area contributed by atoms with Crippen molar-refractivity contribution in [3.63, 3.8) is 0 Å². The molecule has 1 N–H and O–H groups in total. The summed E-state index contributed by atoms with van der Waals surface area (Å²) in [6, 6.07) is 27.3. The van der Waals surface area contributed by atoms with Crippen molar-refractivity contribution in [3.8, 4) is 16.9 Å². The van der Waals surface area contributed by atoms with Gasteiger partial charge < -0.3 is 14.4 Å². The second kappa shape index (κ2) is 9.63. The first kappa shape index (κ1) is 22.7. The number of rotatable bonds is 6. The summed E-state index contributed by atoms with van der Waals surface area (Å²) in [5.41, 5.74) is 7.42. The van der Waals surface area contributed by atoms with Crippen molar-refractivity contribution in [2.75, 3.05) is 6.61 Å². The van der Waals surface area contributed by atoms with Gasteiger partial charge in [0.2, 0.25) is 0 Å². The molecule has 1 heterocycles. The van der Waals surface area contributed by atoms with Gasteiger partial charge in [-0.15, -0.1) is 0 Å². The van der Waals surface area contributed by atoms with Gasteiger partial charge in [0.15, 0.2) is 0 Å². The standard InChI is InChI=1S/C30H27NO4/c1-2-35-30(34)22-16-14-20(15-17-22)25-12-7-13-27-26(25)19-28(21-8-4-3-5-9-21)31(27)24-11-6-10-23(18-24)29(32)33/h3-6,8-11,14-19,25H,2,7,12-13H2,1H3,(H,32,33). The van der Waals surface area contributed by atoms with E-state index in [9.17, 15) is 14.7 Å². The number of esters is 1. The smallest absolute Gasteiger partial charge is 0.338 e. The summed E-state index contributed by atoms with van der Waals surface area (Å²) in [5, 5.41) is 9.58. The molecular formula is C30H27NO4. The molecule has 1 aromatic heterocycles. The lowest BCUT2D eigenvalue weighted by Crippen LogP contribution is -2.13. The van der Waals surface area contributed by atoms with Crippen molar-refractivity contribution in [1.82, 2.24) is 4.57 Å². The Labute approximate surface area is 204 Å². The summed E-state index contributed by atoms with van der Waals surface area (Å²) in [6.45, 7) is 2.16. The molecule has 1 atom stereocenters. The number of aromatic nitrogens is 1. The molecule has 3 aromatic carbocycles. The highest BCUT2D eigenvalue weighted by molar-refractivity contribution is 5.89. The number of hydrogen-bond acceptors (Lipinski definition) is 3. The second-order valence-electron chi connectivity index (χ2n) is 8.78. The molecule has 1 aliphatic rings. The van der Waals surface area contributed by atoms with Gasteiger partial charge in [0.25, 0.3) is 0 Å². The van der Waals surface area contributed by atoms with Crippen LogP contribution >= 0.6 is 0 Å². The number of ether oxygens (including phenoxy) is 1. The van der Waals surface area contributed by atoms with Crippen LogP contribution in [0.25, 0.3) is 16.9 Å². The Bertz CT molecular complexity index is 1370. The molecule has 5 rings (SSSR count). The number of carboxylic acids is 1. The molecule has 1 aliphatic carbocycles. The maximum Gasteiger partial charge on any atom is 0.338 e. The Kier molecular flexibility index (Phi) is 6.23. The van der Waals surface area contributed by atoms with E-state index < -0.39 is 5.97 Å². The predicted octanol–water partition coefficient (Wildman–Crippen LogP) is 6.49. The van der Waals surface area contributed by atoms with Gasteiger partial charge in [-0.2, -0.15) is 0 Å². The van der Waals surface area contributed by atoms with Gasteiger partial charge in [0.1, 0.15) is 0 Å². The first-order valence-corrected chi connectivity index (χ1v) is 12.0. The molecule has 0 spiro atoms. The van der Waals surface area contributed by atoms with Crippen molar-refractivity contribution < 1.29 is 19.4 Å². The molecule has 0 bridgehead atoms. The van der Waals surface area contributed by atoms with E-state index in [0.717, 1.165) is 41.8 Å². The summed E-state index contributed by atoms with van der Waals surface area (Å²) in [7, 11) is 0. The number of fused-ring (bicyclic) bond motifs is 1.